The van der Waals surface area contributed by atoms with Crippen molar-refractivity contribution in [3.8, 4) is 0 Å². The second kappa shape index (κ2) is 9.41. The first kappa shape index (κ1) is 19.9. The van der Waals surface area contributed by atoms with Gasteiger partial charge in [0.2, 0.25) is 0 Å². The van der Waals surface area contributed by atoms with Crippen molar-refractivity contribution in [3.05, 3.63) is 113 Å². The number of hydrogen-bond donors (Lipinski definition) is 1. The molecule has 1 heterocycles. The zero-order valence-electron chi connectivity index (χ0n) is 16.4. The quantitative estimate of drug-likeness (QED) is 0.550. The van der Waals surface area contributed by atoms with Gasteiger partial charge in [-0.3, -0.25) is 4.90 Å². The molecule has 0 aliphatic carbocycles. The molecule has 2 nitrogen and oxygen atoms in total. The number of aliphatic hydroxyl groups is 1. The van der Waals surface area contributed by atoms with Gasteiger partial charge >= 0.3 is 0 Å². The van der Waals surface area contributed by atoms with E-state index in [9.17, 15) is 5.11 Å². The van der Waals surface area contributed by atoms with E-state index in [0.29, 0.717) is 0 Å². The summed E-state index contributed by atoms with van der Waals surface area (Å²) in [7, 11) is 0. The maximum Gasteiger partial charge on any atom is 0.0870 e. The Morgan fingerprint density at radius 1 is 0.828 bits per heavy atom. The third kappa shape index (κ3) is 4.97. The number of nitrogens with zero attached hydrogens (tertiary/aromatic N) is 1. The van der Waals surface area contributed by atoms with Crippen molar-refractivity contribution in [1.29, 1.82) is 0 Å². The Hall–Kier alpha value is -2.39. The first-order valence-corrected chi connectivity index (χ1v) is 10.5. The Morgan fingerprint density at radius 3 is 2.03 bits per heavy atom. The van der Waals surface area contributed by atoms with Crippen LogP contribution < -0.4 is 0 Å². The molecule has 0 saturated heterocycles. The molecule has 0 radical (unpaired) electrons. The summed E-state index contributed by atoms with van der Waals surface area (Å²) >= 11 is 6.02. The van der Waals surface area contributed by atoms with Crippen LogP contribution in [0.3, 0.4) is 0 Å². The summed E-state index contributed by atoms with van der Waals surface area (Å²) in [6.07, 6.45) is 2.79. The molecule has 3 aromatic rings. The summed E-state index contributed by atoms with van der Waals surface area (Å²) in [6.45, 7) is 2.70. The summed E-state index contributed by atoms with van der Waals surface area (Å²) in [6, 6.07) is 28.4. The number of halogens is 1. The molecule has 0 spiro atoms. The average molecular weight is 404 g/mol. The van der Waals surface area contributed by atoms with E-state index >= 15 is 0 Å². The SMILES string of the molecule is OC(c1ccccc1)C(CN1CC=C(c2ccc(Cl)cc2)CC1)c1ccccc1. The van der Waals surface area contributed by atoms with Crippen LogP contribution in [0.4, 0.5) is 0 Å². The van der Waals surface area contributed by atoms with Gasteiger partial charge in [0.25, 0.3) is 0 Å². The third-order valence-electron chi connectivity index (χ3n) is 5.71. The first-order valence-electron chi connectivity index (χ1n) is 10.2. The van der Waals surface area contributed by atoms with Crippen LogP contribution in [0.2, 0.25) is 5.02 Å². The van der Waals surface area contributed by atoms with Crippen molar-refractivity contribution in [2.75, 3.05) is 19.6 Å². The second-order valence-corrected chi connectivity index (χ2v) is 8.05. The van der Waals surface area contributed by atoms with Gasteiger partial charge in [-0.25, -0.2) is 0 Å². The predicted octanol–water partition coefficient (Wildman–Crippen LogP) is 5.95. The van der Waals surface area contributed by atoms with Crippen molar-refractivity contribution < 1.29 is 5.11 Å². The molecule has 1 aliphatic heterocycles. The van der Waals surface area contributed by atoms with Gasteiger partial charge in [0.1, 0.15) is 0 Å². The fourth-order valence-electron chi connectivity index (χ4n) is 4.05. The van der Waals surface area contributed by atoms with Crippen molar-refractivity contribution in [2.24, 2.45) is 0 Å². The van der Waals surface area contributed by atoms with E-state index in [0.717, 1.165) is 36.6 Å². The fraction of sp³-hybridized carbons (Fsp3) is 0.231. The molecule has 0 fully saturated rings. The van der Waals surface area contributed by atoms with E-state index in [-0.39, 0.29) is 5.92 Å². The Morgan fingerprint density at radius 2 is 1.45 bits per heavy atom. The molecule has 2 unspecified atom stereocenters. The average Bonchev–Trinajstić information content (AvgIpc) is 2.79. The van der Waals surface area contributed by atoms with E-state index in [1.54, 1.807) is 0 Å². The minimum Gasteiger partial charge on any atom is -0.388 e. The largest absolute Gasteiger partial charge is 0.388 e. The highest BCUT2D eigenvalue weighted by Crippen LogP contribution is 2.33. The van der Waals surface area contributed by atoms with E-state index in [1.807, 2.05) is 48.5 Å². The smallest absolute Gasteiger partial charge is 0.0870 e. The summed E-state index contributed by atoms with van der Waals surface area (Å²) in [4.78, 5) is 2.43. The van der Waals surface area contributed by atoms with Crippen LogP contribution in [0.25, 0.3) is 5.57 Å². The lowest BCUT2D eigenvalue weighted by Crippen LogP contribution is -2.34. The molecule has 0 amide bonds. The van der Waals surface area contributed by atoms with E-state index in [1.165, 1.54) is 16.7 Å². The number of aliphatic hydroxyl groups excluding tert-OH is 1. The molecule has 3 aromatic carbocycles. The Kier molecular flexibility index (Phi) is 6.46. The number of hydrogen-bond acceptors (Lipinski definition) is 2. The third-order valence-corrected chi connectivity index (χ3v) is 5.97. The summed E-state index contributed by atoms with van der Waals surface area (Å²) in [5.74, 6) is 0.0316. The van der Waals surface area contributed by atoms with Gasteiger partial charge in [0.05, 0.1) is 6.10 Å². The normalized spacial score (nSPS) is 16.8. The molecule has 0 aromatic heterocycles. The summed E-state index contributed by atoms with van der Waals surface area (Å²) in [5, 5.41) is 11.9. The van der Waals surface area contributed by atoms with Crippen LogP contribution in [0.5, 0.6) is 0 Å². The molecule has 0 bridgehead atoms. The van der Waals surface area contributed by atoms with Gasteiger partial charge in [-0.1, -0.05) is 90.5 Å². The maximum atomic E-state index is 11.2. The van der Waals surface area contributed by atoms with Gasteiger partial charge in [0, 0.05) is 30.6 Å². The van der Waals surface area contributed by atoms with Gasteiger partial charge in [-0.05, 0) is 40.8 Å². The molecule has 29 heavy (non-hydrogen) atoms. The minimum atomic E-state index is -0.528. The fourth-order valence-corrected chi connectivity index (χ4v) is 4.18. The van der Waals surface area contributed by atoms with Crippen molar-refractivity contribution in [2.45, 2.75) is 18.4 Å². The number of rotatable bonds is 6. The zero-order chi connectivity index (χ0) is 20.1. The molecule has 148 valence electrons. The molecule has 2 atom stereocenters. The lowest BCUT2D eigenvalue weighted by atomic mass is 9.88. The molecular formula is C26H26ClNO. The lowest BCUT2D eigenvalue weighted by molar-refractivity contribution is 0.119. The standard InChI is InChI=1S/C26H26ClNO/c27-24-13-11-20(12-14-24)21-15-17-28(18-16-21)19-25(22-7-3-1-4-8-22)26(29)23-9-5-2-6-10-23/h1-15,25-26,29H,16-19H2. The molecule has 1 aliphatic rings. The zero-order valence-corrected chi connectivity index (χ0v) is 17.2. The van der Waals surface area contributed by atoms with E-state index < -0.39 is 6.10 Å². The van der Waals surface area contributed by atoms with Crippen molar-refractivity contribution in [1.82, 2.24) is 4.90 Å². The Bertz CT molecular complexity index is 937. The van der Waals surface area contributed by atoms with Gasteiger partial charge < -0.3 is 5.11 Å². The van der Waals surface area contributed by atoms with Crippen molar-refractivity contribution in [3.63, 3.8) is 0 Å². The van der Waals surface area contributed by atoms with E-state index in [2.05, 4.69) is 47.4 Å². The van der Waals surface area contributed by atoms with Crippen LogP contribution in [-0.4, -0.2) is 29.6 Å². The minimum absolute atomic E-state index is 0.0316. The highest BCUT2D eigenvalue weighted by molar-refractivity contribution is 6.30. The van der Waals surface area contributed by atoms with Crippen molar-refractivity contribution >= 4 is 17.2 Å². The van der Waals surface area contributed by atoms with Gasteiger partial charge in [0.15, 0.2) is 0 Å². The monoisotopic (exact) mass is 403 g/mol. The van der Waals surface area contributed by atoms with Crippen LogP contribution in [0.1, 0.15) is 35.1 Å². The molecule has 0 saturated carbocycles. The van der Waals surface area contributed by atoms with Crippen LogP contribution in [0, 0.1) is 0 Å². The summed E-state index contributed by atoms with van der Waals surface area (Å²) in [5.41, 5.74) is 4.77. The predicted molar refractivity (Wildman–Crippen MR) is 121 cm³/mol. The second-order valence-electron chi connectivity index (χ2n) is 7.62. The maximum absolute atomic E-state index is 11.2. The van der Waals surface area contributed by atoms with Gasteiger partial charge in [-0.15, -0.1) is 0 Å². The molecule has 4 rings (SSSR count). The molecule has 3 heteroatoms. The molecule has 1 N–H and O–H groups in total. The van der Waals surface area contributed by atoms with Gasteiger partial charge in [-0.2, -0.15) is 0 Å². The van der Waals surface area contributed by atoms with Crippen LogP contribution in [0.15, 0.2) is 91.0 Å². The highest BCUT2D eigenvalue weighted by Gasteiger charge is 2.26. The molecular weight excluding hydrogens is 378 g/mol. The Balaban J connectivity index is 1.50. The number of benzene rings is 3. The summed E-state index contributed by atoms with van der Waals surface area (Å²) < 4.78 is 0. The van der Waals surface area contributed by atoms with Crippen LogP contribution in [-0.2, 0) is 0 Å². The first-order chi connectivity index (χ1) is 14.2. The van der Waals surface area contributed by atoms with Crippen LogP contribution >= 0.6 is 11.6 Å². The Labute approximate surface area is 178 Å². The van der Waals surface area contributed by atoms with E-state index in [4.69, 9.17) is 11.6 Å². The topological polar surface area (TPSA) is 23.5 Å². The lowest BCUT2D eigenvalue weighted by Gasteiger charge is -2.33. The highest BCUT2D eigenvalue weighted by atomic mass is 35.5.